The SMILES string of the molecule is CCC(C)Sc1ccc(NC(=O)C2CNCCO2)c(C)c1.Cl. The zero-order valence-electron chi connectivity index (χ0n) is 13.3. The van der Waals surface area contributed by atoms with Crippen LogP contribution >= 0.6 is 24.2 Å². The molecule has 1 amide bonds. The van der Waals surface area contributed by atoms with Gasteiger partial charge in [-0.05, 0) is 37.1 Å². The van der Waals surface area contributed by atoms with E-state index in [9.17, 15) is 4.79 Å². The molecule has 0 aliphatic carbocycles. The zero-order chi connectivity index (χ0) is 15.2. The quantitative estimate of drug-likeness (QED) is 0.805. The number of hydrogen-bond donors (Lipinski definition) is 2. The van der Waals surface area contributed by atoms with Crippen molar-refractivity contribution >= 4 is 35.8 Å². The Morgan fingerprint density at radius 3 is 2.91 bits per heavy atom. The van der Waals surface area contributed by atoms with Crippen LogP contribution in [0.3, 0.4) is 0 Å². The molecule has 0 spiro atoms. The lowest BCUT2D eigenvalue weighted by Gasteiger charge is -2.23. The second-order valence-electron chi connectivity index (χ2n) is 5.37. The summed E-state index contributed by atoms with van der Waals surface area (Å²) in [5.41, 5.74) is 1.95. The van der Waals surface area contributed by atoms with Crippen molar-refractivity contribution < 1.29 is 9.53 Å². The van der Waals surface area contributed by atoms with Gasteiger partial charge in [0.15, 0.2) is 0 Å². The molecule has 0 saturated carbocycles. The first-order valence-corrected chi connectivity index (χ1v) is 8.38. The number of thioether (sulfide) groups is 1. The molecule has 1 aliphatic heterocycles. The highest BCUT2D eigenvalue weighted by Gasteiger charge is 2.22. The average Bonchev–Trinajstić information content (AvgIpc) is 2.50. The predicted molar refractivity (Wildman–Crippen MR) is 95.3 cm³/mol. The number of nitrogens with one attached hydrogen (secondary N) is 2. The molecule has 0 radical (unpaired) electrons. The Bertz CT molecular complexity index is 493. The summed E-state index contributed by atoms with van der Waals surface area (Å²) in [7, 11) is 0. The Balaban J connectivity index is 0.00000242. The number of aryl methyl sites for hydroxylation is 1. The van der Waals surface area contributed by atoms with E-state index in [1.807, 2.05) is 24.8 Å². The van der Waals surface area contributed by atoms with E-state index in [2.05, 4.69) is 36.6 Å². The molecule has 4 nitrogen and oxygen atoms in total. The molecule has 2 unspecified atom stereocenters. The van der Waals surface area contributed by atoms with Gasteiger partial charge in [-0.1, -0.05) is 13.8 Å². The predicted octanol–water partition coefficient (Wildman–Crippen LogP) is 3.23. The number of anilines is 1. The number of halogens is 1. The minimum absolute atomic E-state index is 0. The fourth-order valence-electron chi connectivity index (χ4n) is 2.11. The molecule has 1 aromatic carbocycles. The molecule has 2 atom stereocenters. The molecule has 0 aromatic heterocycles. The maximum Gasteiger partial charge on any atom is 0.254 e. The minimum Gasteiger partial charge on any atom is -0.366 e. The topological polar surface area (TPSA) is 50.4 Å². The van der Waals surface area contributed by atoms with Crippen molar-refractivity contribution in [3.63, 3.8) is 0 Å². The Kier molecular flexibility index (Phi) is 8.25. The Morgan fingerprint density at radius 1 is 1.55 bits per heavy atom. The third-order valence-corrected chi connectivity index (χ3v) is 4.85. The van der Waals surface area contributed by atoms with Gasteiger partial charge < -0.3 is 15.4 Å². The fourth-order valence-corrected chi connectivity index (χ4v) is 3.14. The van der Waals surface area contributed by atoms with Crippen LogP contribution in [-0.2, 0) is 9.53 Å². The van der Waals surface area contributed by atoms with E-state index < -0.39 is 6.10 Å². The van der Waals surface area contributed by atoms with E-state index in [0.29, 0.717) is 18.4 Å². The number of hydrogen-bond acceptors (Lipinski definition) is 4. The normalized spacial score (nSPS) is 19.1. The molecular formula is C16H25ClN2O2S. The Hall–Kier alpha value is -0.750. The second kappa shape index (κ2) is 9.40. The van der Waals surface area contributed by atoms with Gasteiger partial charge in [0.2, 0.25) is 0 Å². The lowest BCUT2D eigenvalue weighted by molar-refractivity contribution is -0.128. The van der Waals surface area contributed by atoms with Crippen molar-refractivity contribution in [1.29, 1.82) is 0 Å². The Morgan fingerprint density at radius 2 is 2.32 bits per heavy atom. The highest BCUT2D eigenvalue weighted by molar-refractivity contribution is 7.99. The molecule has 1 heterocycles. The van der Waals surface area contributed by atoms with Gasteiger partial charge in [-0.3, -0.25) is 4.79 Å². The number of benzene rings is 1. The maximum absolute atomic E-state index is 12.1. The van der Waals surface area contributed by atoms with Gasteiger partial charge >= 0.3 is 0 Å². The van der Waals surface area contributed by atoms with Gasteiger partial charge in [0.05, 0.1) is 6.61 Å². The number of ether oxygens (including phenoxy) is 1. The number of carbonyl (C=O) groups excluding carboxylic acids is 1. The van der Waals surface area contributed by atoms with Crippen LogP contribution in [0.2, 0.25) is 0 Å². The van der Waals surface area contributed by atoms with Gasteiger partial charge in [0, 0.05) is 28.9 Å². The Labute approximate surface area is 143 Å². The second-order valence-corrected chi connectivity index (χ2v) is 6.88. The minimum atomic E-state index is -0.396. The van der Waals surface area contributed by atoms with Crippen molar-refractivity contribution in [2.75, 3.05) is 25.0 Å². The number of carbonyl (C=O) groups is 1. The van der Waals surface area contributed by atoms with E-state index in [4.69, 9.17) is 4.74 Å². The number of rotatable bonds is 5. The summed E-state index contributed by atoms with van der Waals surface area (Å²) in [5.74, 6) is -0.0763. The van der Waals surface area contributed by atoms with Gasteiger partial charge in [-0.15, -0.1) is 24.2 Å². The lowest BCUT2D eigenvalue weighted by Crippen LogP contribution is -2.45. The number of morpholine rings is 1. The van der Waals surface area contributed by atoms with E-state index in [-0.39, 0.29) is 18.3 Å². The van der Waals surface area contributed by atoms with E-state index in [1.165, 1.54) is 4.90 Å². The third-order valence-electron chi connectivity index (χ3n) is 3.59. The first-order valence-electron chi connectivity index (χ1n) is 7.50. The molecule has 2 N–H and O–H groups in total. The van der Waals surface area contributed by atoms with Crippen LogP contribution in [-0.4, -0.2) is 37.0 Å². The van der Waals surface area contributed by atoms with Gasteiger partial charge in [0.25, 0.3) is 5.91 Å². The highest BCUT2D eigenvalue weighted by Crippen LogP contribution is 2.28. The van der Waals surface area contributed by atoms with Crippen LogP contribution < -0.4 is 10.6 Å². The van der Waals surface area contributed by atoms with Gasteiger partial charge in [-0.2, -0.15) is 0 Å². The molecule has 1 aromatic rings. The molecular weight excluding hydrogens is 320 g/mol. The standard InChI is InChI=1S/C16H24N2O2S.ClH/c1-4-12(3)21-13-5-6-14(11(2)9-13)18-16(19)15-10-17-7-8-20-15;/h5-6,9,12,15,17H,4,7-8,10H2,1-3H3,(H,18,19);1H. The lowest BCUT2D eigenvalue weighted by atomic mass is 10.2. The zero-order valence-corrected chi connectivity index (χ0v) is 15.0. The molecule has 22 heavy (non-hydrogen) atoms. The summed E-state index contributed by atoms with van der Waals surface area (Å²) in [4.78, 5) is 13.4. The fraction of sp³-hybridized carbons (Fsp3) is 0.562. The van der Waals surface area contributed by atoms with E-state index in [1.54, 1.807) is 0 Å². The van der Waals surface area contributed by atoms with Crippen molar-refractivity contribution in [3.05, 3.63) is 23.8 Å². The summed E-state index contributed by atoms with van der Waals surface area (Å²) in [6.07, 6.45) is 0.751. The molecule has 124 valence electrons. The first-order chi connectivity index (χ1) is 10.1. The molecule has 6 heteroatoms. The first kappa shape index (κ1) is 19.3. The van der Waals surface area contributed by atoms with Crippen LogP contribution in [0.4, 0.5) is 5.69 Å². The maximum atomic E-state index is 12.1. The average molecular weight is 345 g/mol. The summed E-state index contributed by atoms with van der Waals surface area (Å²) in [5, 5.41) is 6.73. The summed E-state index contributed by atoms with van der Waals surface area (Å²) < 4.78 is 5.46. The van der Waals surface area contributed by atoms with Gasteiger partial charge in [0.1, 0.15) is 6.10 Å². The van der Waals surface area contributed by atoms with Gasteiger partial charge in [-0.25, -0.2) is 0 Å². The monoisotopic (exact) mass is 344 g/mol. The smallest absolute Gasteiger partial charge is 0.254 e. The highest BCUT2D eigenvalue weighted by atomic mass is 35.5. The molecule has 1 aliphatic rings. The molecule has 0 bridgehead atoms. The van der Waals surface area contributed by atoms with Crippen molar-refractivity contribution in [1.82, 2.24) is 5.32 Å². The van der Waals surface area contributed by atoms with E-state index >= 15 is 0 Å². The summed E-state index contributed by atoms with van der Waals surface area (Å²) in [6.45, 7) is 8.41. The molecule has 1 saturated heterocycles. The van der Waals surface area contributed by atoms with Crippen LogP contribution in [0, 0.1) is 6.92 Å². The summed E-state index contributed by atoms with van der Waals surface area (Å²) >= 11 is 1.87. The van der Waals surface area contributed by atoms with Crippen LogP contribution in [0.15, 0.2) is 23.1 Å². The van der Waals surface area contributed by atoms with Crippen LogP contribution in [0.25, 0.3) is 0 Å². The van der Waals surface area contributed by atoms with Crippen LogP contribution in [0.1, 0.15) is 25.8 Å². The largest absolute Gasteiger partial charge is 0.366 e. The van der Waals surface area contributed by atoms with Crippen LogP contribution in [0.5, 0.6) is 0 Å². The van der Waals surface area contributed by atoms with E-state index in [0.717, 1.165) is 24.2 Å². The number of amides is 1. The summed E-state index contributed by atoms with van der Waals surface area (Å²) in [6, 6.07) is 6.18. The third kappa shape index (κ3) is 5.47. The van der Waals surface area contributed by atoms with Crippen molar-refractivity contribution in [2.45, 2.75) is 43.4 Å². The molecule has 1 fully saturated rings. The van der Waals surface area contributed by atoms with Crippen molar-refractivity contribution in [2.24, 2.45) is 0 Å². The molecule has 2 rings (SSSR count). The van der Waals surface area contributed by atoms with Crippen molar-refractivity contribution in [3.8, 4) is 0 Å².